The predicted octanol–water partition coefficient (Wildman–Crippen LogP) is 3.10. The Morgan fingerprint density at radius 3 is 2.27 bits per heavy atom. The summed E-state index contributed by atoms with van der Waals surface area (Å²) in [6.45, 7) is 8.16. The molecule has 3 saturated carbocycles. The van der Waals surface area contributed by atoms with Gasteiger partial charge in [-0.1, -0.05) is 0 Å². The van der Waals surface area contributed by atoms with Gasteiger partial charge >= 0.3 is 12.1 Å². The summed E-state index contributed by atoms with van der Waals surface area (Å²) in [5, 5.41) is 3.71. The van der Waals surface area contributed by atoms with Gasteiger partial charge in [-0.05, 0) is 71.1 Å². The second kappa shape index (κ2) is 7.02. The number of amides is 1. The molecule has 1 amide bonds. The molecule has 3 aliphatic carbocycles. The van der Waals surface area contributed by atoms with Crippen molar-refractivity contribution in [3.63, 3.8) is 0 Å². The average Bonchev–Trinajstić information content (AvgIpc) is 3.09. The minimum Gasteiger partial charge on any atom is -0.469 e. The Kier molecular flexibility index (Phi) is 5.26. The molecular formula is C20H34N2O4. The summed E-state index contributed by atoms with van der Waals surface area (Å²) in [4.78, 5) is 26.1. The summed E-state index contributed by atoms with van der Waals surface area (Å²) >= 11 is 0. The van der Waals surface area contributed by atoms with Crippen molar-refractivity contribution in [2.24, 2.45) is 10.8 Å². The predicted molar refractivity (Wildman–Crippen MR) is 98.8 cm³/mol. The first-order chi connectivity index (χ1) is 12.2. The molecule has 0 aromatic rings. The van der Waals surface area contributed by atoms with E-state index in [-0.39, 0.29) is 17.5 Å². The highest BCUT2D eigenvalue weighted by Crippen LogP contribution is 2.57. The molecule has 4 rings (SSSR count). The minimum atomic E-state index is -0.447. The zero-order chi connectivity index (χ0) is 19.0. The van der Waals surface area contributed by atoms with Crippen molar-refractivity contribution < 1.29 is 19.1 Å². The normalized spacial score (nSPS) is 34.0. The van der Waals surface area contributed by atoms with Gasteiger partial charge in [0.2, 0.25) is 0 Å². The largest absolute Gasteiger partial charge is 0.469 e. The van der Waals surface area contributed by atoms with E-state index in [1.807, 2.05) is 25.7 Å². The van der Waals surface area contributed by atoms with Crippen molar-refractivity contribution in [2.75, 3.05) is 26.7 Å². The Morgan fingerprint density at radius 1 is 1.12 bits per heavy atom. The number of rotatable bonds is 4. The van der Waals surface area contributed by atoms with Crippen LogP contribution < -0.4 is 5.32 Å². The number of hydrogen-bond donors (Lipinski definition) is 1. The van der Waals surface area contributed by atoms with E-state index in [0.29, 0.717) is 11.5 Å². The molecule has 0 aromatic carbocycles. The van der Waals surface area contributed by atoms with Crippen LogP contribution in [0.2, 0.25) is 0 Å². The highest BCUT2D eigenvalue weighted by molar-refractivity contribution is 5.77. The van der Waals surface area contributed by atoms with Crippen molar-refractivity contribution in [1.82, 2.24) is 10.2 Å². The summed E-state index contributed by atoms with van der Waals surface area (Å²) < 4.78 is 10.5. The van der Waals surface area contributed by atoms with E-state index < -0.39 is 5.60 Å². The number of nitrogens with one attached hydrogen (secondary N) is 1. The maximum atomic E-state index is 12.2. The molecule has 0 radical (unpaired) electrons. The van der Waals surface area contributed by atoms with Crippen LogP contribution in [0, 0.1) is 10.8 Å². The van der Waals surface area contributed by atoms with Gasteiger partial charge in [-0.25, -0.2) is 4.79 Å². The molecule has 1 saturated heterocycles. The monoisotopic (exact) mass is 366 g/mol. The molecule has 1 aliphatic heterocycles. The topological polar surface area (TPSA) is 67.9 Å². The molecule has 4 aliphatic rings. The number of nitrogens with zero attached hydrogens (tertiary/aromatic N) is 1. The Morgan fingerprint density at radius 2 is 1.73 bits per heavy atom. The highest BCUT2D eigenvalue weighted by Gasteiger charge is 2.53. The van der Waals surface area contributed by atoms with Gasteiger partial charge in [0.15, 0.2) is 0 Å². The maximum Gasteiger partial charge on any atom is 0.410 e. The standard InChI is InChI=1S/C20H34N2O4/c1-18(2,3)26-17(24)22-12-5-15(13-22)21-14-19-6-9-20(10-7-19,11-8-19)16(23)25-4/h15,21H,5-14H2,1-4H3. The van der Waals surface area contributed by atoms with Gasteiger partial charge in [-0.15, -0.1) is 0 Å². The molecule has 6 heteroatoms. The van der Waals surface area contributed by atoms with E-state index in [2.05, 4.69) is 5.32 Å². The van der Waals surface area contributed by atoms with E-state index in [0.717, 1.165) is 64.6 Å². The van der Waals surface area contributed by atoms with E-state index in [9.17, 15) is 9.59 Å². The van der Waals surface area contributed by atoms with Gasteiger partial charge < -0.3 is 19.7 Å². The van der Waals surface area contributed by atoms with Gasteiger partial charge in [0, 0.05) is 25.7 Å². The SMILES string of the molecule is COC(=O)C12CCC(CNC3CCN(C(=O)OC(C)(C)C)C3)(CC1)CC2. The maximum absolute atomic E-state index is 12.2. The first-order valence-electron chi connectivity index (χ1n) is 9.97. The molecule has 6 nitrogen and oxygen atoms in total. The molecule has 1 unspecified atom stereocenters. The lowest BCUT2D eigenvalue weighted by molar-refractivity contribution is -0.162. The molecular weight excluding hydrogens is 332 g/mol. The zero-order valence-electron chi connectivity index (χ0n) is 16.7. The van der Waals surface area contributed by atoms with Crippen LogP contribution in [-0.4, -0.2) is 55.3 Å². The first-order valence-corrected chi connectivity index (χ1v) is 9.97. The third-order valence-electron chi connectivity index (χ3n) is 6.63. The van der Waals surface area contributed by atoms with Crippen molar-refractivity contribution in [2.45, 2.75) is 77.4 Å². The van der Waals surface area contributed by atoms with E-state index in [4.69, 9.17) is 9.47 Å². The van der Waals surface area contributed by atoms with Crippen LogP contribution in [0.4, 0.5) is 4.79 Å². The van der Waals surface area contributed by atoms with Gasteiger partial charge in [-0.3, -0.25) is 4.79 Å². The fourth-order valence-electron chi connectivity index (χ4n) is 4.83. The van der Waals surface area contributed by atoms with E-state index in [1.54, 1.807) is 0 Å². The number of methoxy groups -OCH3 is 1. The average molecular weight is 367 g/mol. The fraction of sp³-hybridized carbons (Fsp3) is 0.900. The lowest BCUT2D eigenvalue weighted by Crippen LogP contribution is -2.51. The Bertz CT molecular complexity index is 530. The number of hydrogen-bond acceptors (Lipinski definition) is 5. The van der Waals surface area contributed by atoms with Gasteiger partial charge in [0.05, 0.1) is 12.5 Å². The van der Waals surface area contributed by atoms with Crippen LogP contribution in [0.3, 0.4) is 0 Å². The third-order valence-corrected chi connectivity index (χ3v) is 6.63. The lowest BCUT2D eigenvalue weighted by atomic mass is 9.53. The number of carbonyl (C=O) groups is 2. The summed E-state index contributed by atoms with van der Waals surface area (Å²) in [6, 6.07) is 0.339. The summed E-state index contributed by atoms with van der Waals surface area (Å²) in [7, 11) is 1.51. The first kappa shape index (κ1) is 19.5. The molecule has 1 atom stereocenters. The van der Waals surface area contributed by atoms with E-state index in [1.165, 1.54) is 7.11 Å². The minimum absolute atomic E-state index is 0.0115. The van der Waals surface area contributed by atoms with Crippen molar-refractivity contribution in [1.29, 1.82) is 0 Å². The van der Waals surface area contributed by atoms with Crippen LogP contribution in [0.5, 0.6) is 0 Å². The highest BCUT2D eigenvalue weighted by atomic mass is 16.6. The van der Waals surface area contributed by atoms with Crippen LogP contribution in [-0.2, 0) is 14.3 Å². The van der Waals surface area contributed by atoms with Gasteiger partial charge in [0.25, 0.3) is 0 Å². The van der Waals surface area contributed by atoms with Crippen molar-refractivity contribution in [3.8, 4) is 0 Å². The lowest BCUT2D eigenvalue weighted by Gasteiger charge is -2.52. The number of ether oxygens (including phenoxy) is 2. The quantitative estimate of drug-likeness (QED) is 0.775. The van der Waals surface area contributed by atoms with Crippen molar-refractivity contribution in [3.05, 3.63) is 0 Å². The number of carbonyl (C=O) groups excluding carboxylic acids is 2. The molecule has 2 bridgehead atoms. The van der Waals surface area contributed by atoms with Crippen LogP contribution >= 0.6 is 0 Å². The molecule has 4 fully saturated rings. The van der Waals surface area contributed by atoms with Gasteiger partial charge in [-0.2, -0.15) is 0 Å². The summed E-state index contributed by atoms with van der Waals surface area (Å²) in [5.74, 6) is -0.0115. The Balaban J connectivity index is 1.46. The Hall–Kier alpha value is -1.30. The molecule has 0 spiro atoms. The summed E-state index contributed by atoms with van der Waals surface area (Å²) in [5.41, 5.74) is -0.343. The number of esters is 1. The second-order valence-electron chi connectivity index (χ2n) is 9.56. The third kappa shape index (κ3) is 4.00. The molecule has 0 aromatic heterocycles. The van der Waals surface area contributed by atoms with E-state index >= 15 is 0 Å². The molecule has 1 N–H and O–H groups in total. The molecule has 26 heavy (non-hydrogen) atoms. The smallest absolute Gasteiger partial charge is 0.410 e. The fourth-order valence-corrected chi connectivity index (χ4v) is 4.83. The van der Waals surface area contributed by atoms with Crippen LogP contribution in [0.25, 0.3) is 0 Å². The van der Waals surface area contributed by atoms with Gasteiger partial charge in [0.1, 0.15) is 5.60 Å². The number of fused-ring (bicyclic) bond motifs is 3. The molecule has 148 valence electrons. The van der Waals surface area contributed by atoms with Crippen LogP contribution in [0.15, 0.2) is 0 Å². The number of likely N-dealkylation sites (tertiary alicyclic amines) is 1. The second-order valence-corrected chi connectivity index (χ2v) is 9.56. The summed E-state index contributed by atoms with van der Waals surface area (Å²) in [6.07, 6.45) is 6.91. The zero-order valence-corrected chi connectivity index (χ0v) is 16.7. The molecule has 1 heterocycles. The Labute approximate surface area is 157 Å². The van der Waals surface area contributed by atoms with Crippen molar-refractivity contribution >= 4 is 12.1 Å². The van der Waals surface area contributed by atoms with Crippen LogP contribution in [0.1, 0.15) is 65.7 Å².